The number of amides is 1. The summed E-state index contributed by atoms with van der Waals surface area (Å²) >= 11 is 1.49. The third-order valence-electron chi connectivity index (χ3n) is 4.34. The summed E-state index contributed by atoms with van der Waals surface area (Å²) in [5, 5.41) is 2.99. The fourth-order valence-electron chi connectivity index (χ4n) is 2.97. The summed E-state index contributed by atoms with van der Waals surface area (Å²) in [6.45, 7) is 2.09. The molecule has 1 heterocycles. The Morgan fingerprint density at radius 3 is 2.30 bits per heavy atom. The average molecular weight is 406 g/mol. The first-order valence-electron chi connectivity index (χ1n) is 8.70. The van der Waals surface area contributed by atoms with Crippen LogP contribution in [-0.4, -0.2) is 56.8 Å². The quantitative estimate of drug-likeness (QED) is 0.748. The van der Waals surface area contributed by atoms with Gasteiger partial charge in [0.25, 0.3) is 0 Å². The van der Waals surface area contributed by atoms with Crippen molar-refractivity contribution in [2.75, 3.05) is 48.4 Å². The molecule has 3 rings (SSSR count). The van der Waals surface area contributed by atoms with E-state index in [9.17, 15) is 13.2 Å². The molecule has 0 unspecified atom stereocenters. The fraction of sp³-hybridized carbons (Fsp3) is 0.316. The van der Waals surface area contributed by atoms with Crippen molar-refractivity contribution in [2.24, 2.45) is 0 Å². The number of sulfonamides is 1. The second-order valence-electron chi connectivity index (χ2n) is 6.32. The molecule has 0 bridgehead atoms. The van der Waals surface area contributed by atoms with E-state index < -0.39 is 10.0 Å². The molecule has 1 aliphatic heterocycles. The summed E-state index contributed by atoms with van der Waals surface area (Å²) in [5.74, 6) is 0.270. The highest BCUT2D eigenvalue weighted by Gasteiger charge is 2.24. The lowest BCUT2D eigenvalue weighted by Gasteiger charge is -2.35. The Balaban J connectivity index is 1.62. The summed E-state index contributed by atoms with van der Waals surface area (Å²) in [6.07, 6.45) is 1.24. The van der Waals surface area contributed by atoms with Gasteiger partial charge in [0.2, 0.25) is 15.9 Å². The molecular formula is C19H23N3O3S2. The number of piperazine rings is 1. The minimum absolute atomic E-state index is 0.0638. The topological polar surface area (TPSA) is 69.7 Å². The smallest absolute Gasteiger partial charge is 0.234 e. The number of nitrogens with one attached hydrogen (secondary N) is 1. The normalized spacial score (nSPS) is 15.5. The second kappa shape index (κ2) is 8.77. The van der Waals surface area contributed by atoms with Crippen molar-refractivity contribution >= 4 is 39.1 Å². The molecule has 0 aromatic heterocycles. The maximum Gasteiger partial charge on any atom is 0.234 e. The number of carbonyl (C=O) groups is 1. The van der Waals surface area contributed by atoms with Gasteiger partial charge in [-0.3, -0.25) is 4.79 Å². The van der Waals surface area contributed by atoms with Crippen LogP contribution in [0.4, 0.5) is 11.4 Å². The van der Waals surface area contributed by atoms with E-state index in [-0.39, 0.29) is 5.91 Å². The monoisotopic (exact) mass is 405 g/mol. The minimum Gasteiger partial charge on any atom is -0.367 e. The molecule has 27 heavy (non-hydrogen) atoms. The molecule has 144 valence electrons. The molecule has 1 aliphatic rings. The van der Waals surface area contributed by atoms with Gasteiger partial charge in [0.1, 0.15) is 0 Å². The zero-order valence-electron chi connectivity index (χ0n) is 15.2. The highest BCUT2D eigenvalue weighted by Crippen LogP contribution is 2.27. The molecule has 0 spiro atoms. The van der Waals surface area contributed by atoms with Crippen LogP contribution in [0.2, 0.25) is 0 Å². The van der Waals surface area contributed by atoms with Crippen molar-refractivity contribution in [1.82, 2.24) is 4.31 Å². The lowest BCUT2D eigenvalue weighted by molar-refractivity contribution is -0.113. The van der Waals surface area contributed by atoms with Crippen LogP contribution >= 0.6 is 11.8 Å². The summed E-state index contributed by atoms with van der Waals surface area (Å²) in [7, 11) is -3.16. The van der Waals surface area contributed by atoms with Gasteiger partial charge >= 0.3 is 0 Å². The molecule has 0 atom stereocenters. The number of carbonyl (C=O) groups excluding carboxylic acids is 1. The highest BCUT2D eigenvalue weighted by molar-refractivity contribution is 8.00. The maximum absolute atomic E-state index is 12.4. The standard InChI is InChI=1S/C19H23N3O3S2/c1-27(24,25)22-13-11-21(12-14-22)18-10-6-5-9-17(18)20-19(23)15-26-16-7-3-2-4-8-16/h2-10H,11-15H2,1H3,(H,20,23). The molecule has 8 heteroatoms. The Labute approximate surface area is 164 Å². The summed E-state index contributed by atoms with van der Waals surface area (Å²) in [5.41, 5.74) is 1.67. The van der Waals surface area contributed by atoms with Crippen LogP contribution in [0.5, 0.6) is 0 Å². The van der Waals surface area contributed by atoms with Crippen molar-refractivity contribution in [1.29, 1.82) is 0 Å². The van der Waals surface area contributed by atoms with Crippen molar-refractivity contribution in [3.8, 4) is 0 Å². The van der Waals surface area contributed by atoms with Crippen LogP contribution in [0.1, 0.15) is 0 Å². The predicted octanol–water partition coefficient (Wildman–Crippen LogP) is 2.50. The summed E-state index contributed by atoms with van der Waals surface area (Å²) in [6, 6.07) is 17.4. The zero-order chi connectivity index (χ0) is 19.3. The van der Waals surface area contributed by atoms with E-state index >= 15 is 0 Å². The van der Waals surface area contributed by atoms with Crippen LogP contribution < -0.4 is 10.2 Å². The van der Waals surface area contributed by atoms with E-state index in [2.05, 4.69) is 10.2 Å². The Morgan fingerprint density at radius 1 is 1.00 bits per heavy atom. The molecular weight excluding hydrogens is 382 g/mol. The molecule has 2 aromatic rings. The van der Waals surface area contributed by atoms with Gasteiger partial charge < -0.3 is 10.2 Å². The molecule has 2 aromatic carbocycles. The number of para-hydroxylation sites is 2. The van der Waals surface area contributed by atoms with Gasteiger partial charge in [0.15, 0.2) is 0 Å². The molecule has 1 amide bonds. The molecule has 0 saturated carbocycles. The fourth-order valence-corrected chi connectivity index (χ4v) is 4.51. The Bertz CT molecular complexity index is 880. The Hall–Kier alpha value is -2.03. The first-order chi connectivity index (χ1) is 12.9. The van der Waals surface area contributed by atoms with Crippen LogP contribution in [0.15, 0.2) is 59.5 Å². The molecule has 1 fully saturated rings. The van der Waals surface area contributed by atoms with Gasteiger partial charge in [-0.15, -0.1) is 11.8 Å². The number of benzene rings is 2. The van der Waals surface area contributed by atoms with Gasteiger partial charge in [-0.25, -0.2) is 8.42 Å². The molecule has 1 N–H and O–H groups in total. The molecule has 6 nitrogen and oxygen atoms in total. The van der Waals surface area contributed by atoms with E-state index in [1.54, 1.807) is 0 Å². The van der Waals surface area contributed by atoms with Gasteiger partial charge in [-0.05, 0) is 24.3 Å². The number of nitrogens with zero attached hydrogens (tertiary/aromatic N) is 2. The second-order valence-corrected chi connectivity index (χ2v) is 9.35. The number of thioether (sulfide) groups is 1. The lowest BCUT2D eigenvalue weighted by atomic mass is 10.2. The van der Waals surface area contributed by atoms with Crippen LogP contribution in [0.3, 0.4) is 0 Å². The van der Waals surface area contributed by atoms with Crippen LogP contribution in [0.25, 0.3) is 0 Å². The minimum atomic E-state index is -3.16. The Morgan fingerprint density at radius 2 is 1.63 bits per heavy atom. The van der Waals surface area contributed by atoms with E-state index in [1.807, 2.05) is 54.6 Å². The van der Waals surface area contributed by atoms with Crippen LogP contribution in [-0.2, 0) is 14.8 Å². The van der Waals surface area contributed by atoms with E-state index in [4.69, 9.17) is 0 Å². The Kier molecular flexibility index (Phi) is 6.41. The van der Waals surface area contributed by atoms with Gasteiger partial charge in [-0.1, -0.05) is 30.3 Å². The number of hydrogen-bond donors (Lipinski definition) is 1. The SMILES string of the molecule is CS(=O)(=O)N1CCN(c2ccccc2NC(=O)CSc2ccccc2)CC1. The number of hydrogen-bond acceptors (Lipinski definition) is 5. The van der Waals surface area contributed by atoms with Gasteiger partial charge in [-0.2, -0.15) is 4.31 Å². The van der Waals surface area contributed by atoms with Gasteiger partial charge in [0.05, 0.1) is 23.4 Å². The van der Waals surface area contributed by atoms with Crippen molar-refractivity contribution < 1.29 is 13.2 Å². The van der Waals surface area contributed by atoms with Crippen LogP contribution in [0, 0.1) is 0 Å². The first-order valence-corrected chi connectivity index (χ1v) is 11.5. The van der Waals surface area contributed by atoms with E-state index in [1.165, 1.54) is 22.3 Å². The summed E-state index contributed by atoms with van der Waals surface area (Å²) in [4.78, 5) is 15.5. The first kappa shape index (κ1) is 19.7. The van der Waals surface area contributed by atoms with Crippen molar-refractivity contribution in [3.63, 3.8) is 0 Å². The summed E-state index contributed by atoms with van der Waals surface area (Å²) < 4.78 is 24.8. The largest absolute Gasteiger partial charge is 0.367 e. The van der Waals surface area contributed by atoms with Gasteiger partial charge in [0, 0.05) is 31.1 Å². The number of rotatable bonds is 6. The van der Waals surface area contributed by atoms with E-state index in [0.29, 0.717) is 31.9 Å². The van der Waals surface area contributed by atoms with Crippen molar-refractivity contribution in [2.45, 2.75) is 4.90 Å². The third kappa shape index (κ3) is 5.47. The maximum atomic E-state index is 12.4. The molecule has 1 saturated heterocycles. The number of anilines is 2. The molecule has 0 radical (unpaired) electrons. The molecule has 0 aliphatic carbocycles. The predicted molar refractivity (Wildman–Crippen MR) is 111 cm³/mol. The third-order valence-corrected chi connectivity index (χ3v) is 6.65. The zero-order valence-corrected chi connectivity index (χ0v) is 16.8. The van der Waals surface area contributed by atoms with E-state index in [0.717, 1.165) is 16.3 Å². The van der Waals surface area contributed by atoms with Crippen molar-refractivity contribution in [3.05, 3.63) is 54.6 Å². The lowest BCUT2D eigenvalue weighted by Crippen LogP contribution is -2.48. The average Bonchev–Trinajstić information content (AvgIpc) is 2.67. The highest BCUT2D eigenvalue weighted by atomic mass is 32.2.